The topological polar surface area (TPSA) is 116 Å². The van der Waals surface area contributed by atoms with E-state index in [1.807, 2.05) is 0 Å². The molecule has 0 radical (unpaired) electrons. The second-order valence-electron chi connectivity index (χ2n) is 7.01. The van der Waals surface area contributed by atoms with Crippen LogP contribution in [-0.2, 0) is 14.3 Å². The summed E-state index contributed by atoms with van der Waals surface area (Å²) < 4.78 is 5.41. The largest absolute Gasteiger partial charge is 0.449 e. The van der Waals surface area contributed by atoms with Gasteiger partial charge in [0.25, 0.3) is 5.69 Å². The molecule has 0 bridgehead atoms. The molecule has 0 aliphatic heterocycles. The molecule has 0 unspecified atom stereocenters. The first-order valence-corrected chi connectivity index (χ1v) is 10.3. The number of nitro groups is 1. The van der Waals surface area contributed by atoms with Crippen LogP contribution in [0, 0.1) is 10.1 Å². The van der Waals surface area contributed by atoms with Crippen LogP contribution in [-0.4, -0.2) is 22.6 Å². The molecule has 0 saturated heterocycles. The molecule has 1 N–H and O–H groups in total. The number of non-ortho nitro benzene ring substituents is 1. The van der Waals surface area contributed by atoms with E-state index in [0.29, 0.717) is 16.3 Å². The molecule has 1 amide bonds. The van der Waals surface area contributed by atoms with Crippen LogP contribution in [0.2, 0.25) is 5.02 Å². The first-order chi connectivity index (χ1) is 15.8. The Hall–Kier alpha value is -4.04. The number of nitro benzene ring substituents is 1. The third-order valence-electron chi connectivity index (χ3n) is 4.62. The van der Waals surface area contributed by atoms with Gasteiger partial charge >= 0.3 is 5.97 Å². The van der Waals surface area contributed by atoms with Gasteiger partial charge in [-0.3, -0.25) is 24.5 Å². The number of halogens is 1. The molecule has 0 saturated carbocycles. The highest BCUT2D eigenvalue weighted by molar-refractivity contribution is 6.30. The second-order valence-corrected chi connectivity index (χ2v) is 7.44. The summed E-state index contributed by atoms with van der Waals surface area (Å²) in [6.07, 6.45) is -1.74. The van der Waals surface area contributed by atoms with Crippen molar-refractivity contribution in [2.24, 2.45) is 0 Å². The van der Waals surface area contributed by atoms with Gasteiger partial charge in [-0.2, -0.15) is 0 Å². The molecule has 0 aliphatic carbocycles. The average molecular weight is 467 g/mol. The molecule has 0 heterocycles. The fourth-order valence-electron chi connectivity index (χ4n) is 2.99. The highest BCUT2D eigenvalue weighted by Gasteiger charge is 2.27. The van der Waals surface area contributed by atoms with Crippen molar-refractivity contribution < 1.29 is 24.0 Å². The molecule has 3 rings (SSSR count). The number of esters is 1. The van der Waals surface area contributed by atoms with Gasteiger partial charge in [0.1, 0.15) is 0 Å². The molecular formula is C24H19ClN2O6. The van der Waals surface area contributed by atoms with E-state index in [1.165, 1.54) is 24.3 Å². The van der Waals surface area contributed by atoms with Crippen LogP contribution in [0.25, 0.3) is 0 Å². The van der Waals surface area contributed by atoms with Crippen LogP contribution < -0.4 is 5.32 Å². The predicted octanol–water partition coefficient (Wildman–Crippen LogP) is 5.13. The van der Waals surface area contributed by atoms with E-state index < -0.39 is 28.7 Å². The van der Waals surface area contributed by atoms with Gasteiger partial charge in [-0.25, -0.2) is 0 Å². The molecule has 8 nitrogen and oxygen atoms in total. The SMILES string of the molecule is O=C(CCC(=O)O[C@H](C(=O)c1ccccc1)c1ccc([N+](=O)[O-])cc1)Nc1cccc(Cl)c1. The van der Waals surface area contributed by atoms with Gasteiger partial charge in [-0.15, -0.1) is 0 Å². The fourth-order valence-corrected chi connectivity index (χ4v) is 3.18. The van der Waals surface area contributed by atoms with Crippen molar-refractivity contribution in [3.05, 3.63) is 105 Å². The highest BCUT2D eigenvalue weighted by atomic mass is 35.5. The minimum absolute atomic E-state index is 0.159. The standard InChI is InChI=1S/C24H19ClN2O6/c25-18-7-4-8-19(15-18)26-21(28)13-14-22(29)33-24(23(30)16-5-2-1-3-6-16)17-9-11-20(12-10-17)27(31)32/h1-12,15,24H,13-14H2,(H,26,28)/t24-/m0/s1. The van der Waals surface area contributed by atoms with Crippen molar-refractivity contribution in [2.45, 2.75) is 18.9 Å². The summed E-state index contributed by atoms with van der Waals surface area (Å²) >= 11 is 5.88. The number of hydrogen-bond acceptors (Lipinski definition) is 6. The Balaban J connectivity index is 1.69. The number of hydrogen-bond donors (Lipinski definition) is 1. The van der Waals surface area contributed by atoms with Gasteiger partial charge < -0.3 is 10.1 Å². The van der Waals surface area contributed by atoms with Crippen LogP contribution in [0.5, 0.6) is 0 Å². The monoisotopic (exact) mass is 466 g/mol. The number of benzene rings is 3. The molecular weight excluding hydrogens is 448 g/mol. The lowest BCUT2D eigenvalue weighted by Gasteiger charge is -2.17. The Morgan fingerprint density at radius 3 is 2.27 bits per heavy atom. The average Bonchev–Trinajstić information content (AvgIpc) is 2.81. The summed E-state index contributed by atoms with van der Waals surface area (Å²) in [6.45, 7) is 0. The summed E-state index contributed by atoms with van der Waals surface area (Å²) in [7, 11) is 0. The second kappa shape index (κ2) is 11.0. The molecule has 0 spiro atoms. The molecule has 9 heteroatoms. The third kappa shape index (κ3) is 6.72. The maximum Gasteiger partial charge on any atom is 0.307 e. The van der Waals surface area contributed by atoms with Crippen molar-refractivity contribution in [3.63, 3.8) is 0 Å². The normalized spacial score (nSPS) is 11.3. The van der Waals surface area contributed by atoms with E-state index in [9.17, 15) is 24.5 Å². The van der Waals surface area contributed by atoms with Crippen LogP contribution in [0.4, 0.5) is 11.4 Å². The Morgan fingerprint density at radius 2 is 1.64 bits per heavy atom. The molecule has 33 heavy (non-hydrogen) atoms. The Kier molecular flexibility index (Phi) is 7.88. The highest BCUT2D eigenvalue weighted by Crippen LogP contribution is 2.25. The van der Waals surface area contributed by atoms with Crippen molar-refractivity contribution >= 4 is 40.6 Å². The number of carbonyl (C=O) groups excluding carboxylic acids is 3. The summed E-state index contributed by atoms with van der Waals surface area (Å²) in [5.41, 5.74) is 0.927. The molecule has 168 valence electrons. The van der Waals surface area contributed by atoms with Gasteiger partial charge in [0.2, 0.25) is 11.7 Å². The zero-order chi connectivity index (χ0) is 23.8. The molecule has 3 aromatic carbocycles. The van der Waals surface area contributed by atoms with Gasteiger partial charge in [0.05, 0.1) is 11.3 Å². The number of rotatable bonds is 9. The van der Waals surface area contributed by atoms with Crippen LogP contribution in [0.1, 0.15) is 34.9 Å². The van der Waals surface area contributed by atoms with Gasteiger partial charge in [-0.05, 0) is 30.3 Å². The lowest BCUT2D eigenvalue weighted by Crippen LogP contribution is -2.21. The number of nitrogens with one attached hydrogen (secondary N) is 1. The van der Waals surface area contributed by atoms with Crippen LogP contribution in [0.15, 0.2) is 78.9 Å². The number of anilines is 1. The lowest BCUT2D eigenvalue weighted by atomic mass is 9.99. The number of ether oxygens (including phenoxy) is 1. The van der Waals surface area contributed by atoms with Crippen LogP contribution >= 0.6 is 11.6 Å². The molecule has 1 atom stereocenters. The van der Waals surface area contributed by atoms with E-state index in [-0.39, 0.29) is 24.1 Å². The van der Waals surface area contributed by atoms with E-state index in [4.69, 9.17) is 16.3 Å². The summed E-state index contributed by atoms with van der Waals surface area (Å²) in [4.78, 5) is 48.0. The van der Waals surface area contributed by atoms with Crippen molar-refractivity contribution in [1.29, 1.82) is 0 Å². The molecule has 0 aromatic heterocycles. The molecule has 0 aliphatic rings. The van der Waals surface area contributed by atoms with Crippen molar-refractivity contribution in [3.8, 4) is 0 Å². The van der Waals surface area contributed by atoms with E-state index in [2.05, 4.69) is 5.32 Å². The van der Waals surface area contributed by atoms with Crippen molar-refractivity contribution in [2.75, 3.05) is 5.32 Å². The smallest absolute Gasteiger partial charge is 0.307 e. The van der Waals surface area contributed by atoms with E-state index in [0.717, 1.165) is 0 Å². The van der Waals surface area contributed by atoms with Gasteiger partial charge in [0.15, 0.2) is 6.10 Å². The van der Waals surface area contributed by atoms with Crippen LogP contribution in [0.3, 0.4) is 0 Å². The zero-order valence-corrected chi connectivity index (χ0v) is 18.0. The number of nitrogens with zero attached hydrogens (tertiary/aromatic N) is 1. The molecule has 0 fully saturated rings. The first-order valence-electron chi connectivity index (χ1n) is 9.92. The van der Waals surface area contributed by atoms with E-state index in [1.54, 1.807) is 54.6 Å². The lowest BCUT2D eigenvalue weighted by molar-refractivity contribution is -0.384. The first kappa shape index (κ1) is 23.6. The molecule has 3 aromatic rings. The Bertz CT molecular complexity index is 1170. The number of Topliss-reactive ketones (excluding diaryl/α,β-unsaturated/α-hetero) is 1. The quantitative estimate of drug-likeness (QED) is 0.202. The maximum atomic E-state index is 13.0. The minimum Gasteiger partial charge on any atom is -0.449 e. The van der Waals surface area contributed by atoms with Gasteiger partial charge in [-0.1, -0.05) is 48.0 Å². The maximum absolute atomic E-state index is 13.0. The Labute approximate surface area is 194 Å². The minimum atomic E-state index is -1.31. The number of carbonyl (C=O) groups is 3. The third-order valence-corrected chi connectivity index (χ3v) is 4.85. The predicted molar refractivity (Wildman–Crippen MR) is 122 cm³/mol. The number of ketones is 1. The summed E-state index contributed by atoms with van der Waals surface area (Å²) in [5.74, 6) is -1.67. The summed E-state index contributed by atoms with van der Waals surface area (Å²) in [5, 5.41) is 14.0. The fraction of sp³-hybridized carbons (Fsp3) is 0.125. The zero-order valence-electron chi connectivity index (χ0n) is 17.3. The van der Waals surface area contributed by atoms with E-state index >= 15 is 0 Å². The summed E-state index contributed by atoms with van der Waals surface area (Å²) in [6, 6.07) is 20.0. The Morgan fingerprint density at radius 1 is 0.939 bits per heavy atom. The van der Waals surface area contributed by atoms with Crippen molar-refractivity contribution in [1.82, 2.24) is 0 Å². The number of amides is 1. The van der Waals surface area contributed by atoms with Gasteiger partial charge in [0, 0.05) is 40.4 Å².